The zero-order valence-corrected chi connectivity index (χ0v) is 18.6. The molecule has 8 nitrogen and oxygen atoms in total. The van der Waals surface area contributed by atoms with Crippen molar-refractivity contribution in [3.05, 3.63) is 21.4 Å². The Bertz CT molecular complexity index is 828. The highest BCUT2D eigenvalue weighted by atomic mass is 32.1. The van der Waals surface area contributed by atoms with E-state index >= 15 is 0 Å². The number of rotatable bonds is 6. The molecule has 1 saturated heterocycles. The number of hydrogen-bond donors (Lipinski definition) is 0. The third kappa shape index (κ3) is 3.96. The van der Waals surface area contributed by atoms with Crippen molar-refractivity contribution in [3.63, 3.8) is 0 Å². The number of carbonyl (C=O) groups excluding carboxylic acids is 1. The molecule has 1 aliphatic heterocycles. The maximum Gasteiger partial charge on any atom is 0.265 e. The van der Waals surface area contributed by atoms with E-state index in [0.717, 1.165) is 53.8 Å². The molecule has 1 amide bonds. The molecule has 0 aliphatic carbocycles. The average molecular weight is 406 g/mol. The van der Waals surface area contributed by atoms with Crippen LogP contribution in [-0.4, -0.2) is 68.1 Å². The molecule has 154 valence electrons. The van der Waals surface area contributed by atoms with Gasteiger partial charge in [0, 0.05) is 19.6 Å². The fourth-order valence-electron chi connectivity index (χ4n) is 3.90. The monoisotopic (exact) mass is 405 g/mol. The van der Waals surface area contributed by atoms with Crippen LogP contribution in [0.3, 0.4) is 0 Å². The van der Waals surface area contributed by atoms with Crippen molar-refractivity contribution in [2.75, 3.05) is 27.2 Å². The summed E-state index contributed by atoms with van der Waals surface area (Å²) in [5, 5.41) is 13.6. The molecule has 0 aromatic carbocycles. The molecule has 0 bridgehead atoms. The highest BCUT2D eigenvalue weighted by molar-refractivity contribution is 7.13. The van der Waals surface area contributed by atoms with E-state index in [-0.39, 0.29) is 11.4 Å². The lowest BCUT2D eigenvalue weighted by Gasteiger charge is -2.45. The number of piperidine rings is 1. The molecule has 2 aromatic rings. The Morgan fingerprint density at radius 3 is 2.68 bits per heavy atom. The first kappa shape index (κ1) is 20.9. The van der Waals surface area contributed by atoms with E-state index in [0.29, 0.717) is 12.5 Å². The molecule has 1 aliphatic rings. The van der Waals surface area contributed by atoms with E-state index in [9.17, 15) is 4.79 Å². The van der Waals surface area contributed by atoms with Gasteiger partial charge in [0.05, 0.1) is 10.7 Å². The van der Waals surface area contributed by atoms with Gasteiger partial charge in [0.25, 0.3) is 5.91 Å². The Morgan fingerprint density at radius 1 is 1.32 bits per heavy atom. The van der Waals surface area contributed by atoms with Gasteiger partial charge in [-0.1, -0.05) is 13.8 Å². The van der Waals surface area contributed by atoms with Crippen LogP contribution in [0.4, 0.5) is 0 Å². The third-order valence-corrected chi connectivity index (χ3v) is 6.64. The number of nitrogens with zero attached hydrogens (tertiary/aromatic N) is 7. The summed E-state index contributed by atoms with van der Waals surface area (Å²) in [6, 6.07) is 0. The number of aromatic nitrogens is 5. The Morgan fingerprint density at radius 2 is 2.07 bits per heavy atom. The molecular formula is C19H31N7OS. The van der Waals surface area contributed by atoms with Crippen LogP contribution in [-0.2, 0) is 12.1 Å². The normalized spacial score (nSPS) is 20.4. The van der Waals surface area contributed by atoms with Gasteiger partial charge in [-0.2, -0.15) is 0 Å². The van der Waals surface area contributed by atoms with Gasteiger partial charge < -0.3 is 4.90 Å². The van der Waals surface area contributed by atoms with Gasteiger partial charge in [-0.3, -0.25) is 9.69 Å². The fourth-order valence-corrected chi connectivity index (χ4v) is 4.79. The summed E-state index contributed by atoms with van der Waals surface area (Å²) >= 11 is 1.48. The lowest BCUT2D eigenvalue weighted by atomic mass is 9.86. The average Bonchev–Trinajstić information content (AvgIpc) is 3.25. The Labute approximate surface area is 170 Å². The number of carbonyl (C=O) groups is 1. The first-order chi connectivity index (χ1) is 13.2. The van der Waals surface area contributed by atoms with Crippen LogP contribution < -0.4 is 0 Å². The zero-order chi connectivity index (χ0) is 20.5. The van der Waals surface area contributed by atoms with E-state index in [4.69, 9.17) is 0 Å². The van der Waals surface area contributed by atoms with E-state index in [1.54, 1.807) is 0 Å². The molecule has 2 aromatic heterocycles. The summed E-state index contributed by atoms with van der Waals surface area (Å²) < 4.78 is 1.93. The van der Waals surface area contributed by atoms with E-state index in [1.807, 2.05) is 23.4 Å². The Kier molecular flexibility index (Phi) is 6.14. The van der Waals surface area contributed by atoms with Crippen molar-refractivity contribution < 1.29 is 4.79 Å². The molecule has 0 spiro atoms. The first-order valence-corrected chi connectivity index (χ1v) is 10.7. The van der Waals surface area contributed by atoms with Crippen molar-refractivity contribution in [2.24, 2.45) is 5.92 Å². The predicted octanol–water partition coefficient (Wildman–Crippen LogP) is 2.49. The van der Waals surface area contributed by atoms with Crippen LogP contribution in [0.2, 0.25) is 0 Å². The Balaban J connectivity index is 1.90. The summed E-state index contributed by atoms with van der Waals surface area (Å²) in [6.45, 7) is 10.4. The van der Waals surface area contributed by atoms with Crippen LogP contribution in [0.1, 0.15) is 59.3 Å². The molecule has 0 N–H and O–H groups in total. The lowest BCUT2D eigenvalue weighted by molar-refractivity contribution is 0.0259. The first-order valence-electron chi connectivity index (χ1n) is 9.92. The largest absolute Gasteiger partial charge is 0.336 e. The molecule has 3 rings (SSSR count). The highest BCUT2D eigenvalue weighted by Crippen LogP contribution is 2.36. The number of likely N-dealkylation sites (N-methyl/N-ethyl adjacent to an activating group) is 1. The standard InChI is InChI=1S/C19H31N7OS/c1-13(2)8-11-26-18(21-22-23-26)19(24(5)6)9-7-10-25(12-19)17(27)16-14(3)20-15(4)28-16/h13H,7-12H2,1-6H3. The SMILES string of the molecule is Cc1nc(C)c(C(=O)N2CCCC(c3nnnn3CCC(C)C)(N(C)C)C2)s1. The van der Waals surface area contributed by atoms with Crippen molar-refractivity contribution in [2.45, 2.75) is 59.0 Å². The molecule has 1 fully saturated rings. The van der Waals surface area contributed by atoms with Gasteiger partial charge in [-0.05, 0) is 63.5 Å². The molecule has 3 heterocycles. The topological polar surface area (TPSA) is 80.0 Å². The van der Waals surface area contributed by atoms with E-state index < -0.39 is 0 Å². The maximum atomic E-state index is 13.2. The smallest absolute Gasteiger partial charge is 0.265 e. The third-order valence-electron chi connectivity index (χ3n) is 5.58. The molecule has 1 atom stereocenters. The van der Waals surface area contributed by atoms with Crippen LogP contribution in [0.5, 0.6) is 0 Å². The van der Waals surface area contributed by atoms with Gasteiger partial charge in [0.2, 0.25) is 0 Å². The molecule has 28 heavy (non-hydrogen) atoms. The number of likely N-dealkylation sites (tertiary alicyclic amines) is 1. The second kappa shape index (κ2) is 8.24. The number of aryl methyl sites for hydroxylation is 3. The molecule has 0 radical (unpaired) electrons. The van der Waals surface area contributed by atoms with Gasteiger partial charge in [0.15, 0.2) is 5.82 Å². The van der Waals surface area contributed by atoms with Crippen LogP contribution in [0, 0.1) is 19.8 Å². The maximum absolute atomic E-state index is 13.2. The quantitative estimate of drug-likeness (QED) is 0.735. The van der Waals surface area contributed by atoms with Crippen molar-refractivity contribution in [1.82, 2.24) is 35.0 Å². The minimum atomic E-state index is -0.387. The summed E-state index contributed by atoms with van der Waals surface area (Å²) in [6.07, 6.45) is 2.86. The van der Waals surface area contributed by atoms with Gasteiger partial charge in [-0.15, -0.1) is 16.4 Å². The van der Waals surface area contributed by atoms with Crippen molar-refractivity contribution in [3.8, 4) is 0 Å². The van der Waals surface area contributed by atoms with Crippen LogP contribution in [0.15, 0.2) is 0 Å². The van der Waals surface area contributed by atoms with Crippen molar-refractivity contribution >= 4 is 17.2 Å². The molecule has 1 unspecified atom stereocenters. The molecule has 0 saturated carbocycles. The fraction of sp³-hybridized carbons (Fsp3) is 0.737. The summed E-state index contributed by atoms with van der Waals surface area (Å²) in [5.41, 5.74) is 0.428. The summed E-state index contributed by atoms with van der Waals surface area (Å²) in [5.74, 6) is 1.50. The Hall–Kier alpha value is -1.87. The second-order valence-corrected chi connectivity index (χ2v) is 9.52. The van der Waals surface area contributed by atoms with Crippen LogP contribution >= 0.6 is 11.3 Å². The van der Waals surface area contributed by atoms with Gasteiger partial charge >= 0.3 is 0 Å². The minimum absolute atomic E-state index is 0.0650. The lowest BCUT2D eigenvalue weighted by Crippen LogP contribution is -2.56. The number of hydrogen-bond acceptors (Lipinski definition) is 7. The van der Waals surface area contributed by atoms with E-state index in [1.165, 1.54) is 11.3 Å². The van der Waals surface area contributed by atoms with Gasteiger partial charge in [-0.25, -0.2) is 9.67 Å². The predicted molar refractivity (Wildman–Crippen MR) is 109 cm³/mol. The van der Waals surface area contributed by atoms with Gasteiger partial charge in [0.1, 0.15) is 10.4 Å². The molecular weight excluding hydrogens is 374 g/mol. The minimum Gasteiger partial charge on any atom is -0.336 e. The summed E-state index contributed by atoms with van der Waals surface area (Å²) in [7, 11) is 4.11. The second-order valence-electron chi connectivity index (χ2n) is 8.31. The number of thiazole rings is 1. The van der Waals surface area contributed by atoms with Crippen molar-refractivity contribution in [1.29, 1.82) is 0 Å². The number of amides is 1. The molecule has 9 heteroatoms. The van der Waals surface area contributed by atoms with Crippen LogP contribution in [0.25, 0.3) is 0 Å². The summed E-state index contributed by atoms with van der Waals surface area (Å²) in [4.78, 5) is 22.5. The highest BCUT2D eigenvalue weighted by Gasteiger charge is 2.45. The van der Waals surface area contributed by atoms with E-state index in [2.05, 4.69) is 53.4 Å². The number of tetrazole rings is 1. The zero-order valence-electron chi connectivity index (χ0n) is 17.8.